The second-order valence-electron chi connectivity index (χ2n) is 2.23. The molecule has 0 N–H and O–H groups in total. The van der Waals surface area contributed by atoms with Gasteiger partial charge in [0.05, 0.1) is 14.2 Å². The number of rotatable bonds is 2. The number of benzene rings is 1. The van der Waals surface area contributed by atoms with Crippen LogP contribution in [-0.2, 0) is 0 Å². The van der Waals surface area contributed by atoms with Crippen LogP contribution in [0.1, 0.15) is 0 Å². The predicted octanol–water partition coefficient (Wildman–Crippen LogP) is 1.89. The molecule has 0 fully saturated rings. The van der Waals surface area contributed by atoms with Crippen LogP contribution in [0.4, 0.5) is 0 Å². The van der Waals surface area contributed by atoms with Crippen LogP contribution in [0.5, 0.6) is 11.5 Å². The highest BCUT2D eigenvalue weighted by atomic mass is 16.5. The van der Waals surface area contributed by atoms with Gasteiger partial charge in [0.15, 0.2) is 11.2 Å². The summed E-state index contributed by atoms with van der Waals surface area (Å²) in [5.74, 6) is 1.37. The molecular formula is C8H8O3. The fraction of sp³-hybridized carbons (Fsp3) is 0.250. The minimum Gasteiger partial charge on any atom is -0.490 e. The van der Waals surface area contributed by atoms with Crippen LogP contribution in [0.25, 0.3) is 11.2 Å². The summed E-state index contributed by atoms with van der Waals surface area (Å²) in [5, 5.41) is 0. The average molecular weight is 152 g/mol. The van der Waals surface area contributed by atoms with E-state index in [4.69, 9.17) is 13.9 Å². The van der Waals surface area contributed by atoms with Crippen molar-refractivity contribution in [1.82, 2.24) is 0 Å². The lowest BCUT2D eigenvalue weighted by Gasteiger charge is -2.00. The summed E-state index contributed by atoms with van der Waals surface area (Å²) in [6.45, 7) is 0. The lowest BCUT2D eigenvalue weighted by molar-refractivity contribution is 0.363. The Bertz CT molecular complexity index is 317. The molecule has 11 heavy (non-hydrogen) atoms. The van der Waals surface area contributed by atoms with E-state index in [9.17, 15) is 0 Å². The Morgan fingerprint density at radius 3 is 1.82 bits per heavy atom. The summed E-state index contributed by atoms with van der Waals surface area (Å²) in [6, 6.07) is 3.72. The number of methoxy groups -OCH3 is 2. The van der Waals surface area contributed by atoms with E-state index in [-0.39, 0.29) is 0 Å². The first-order chi connectivity index (χ1) is 5.36. The Labute approximate surface area is 63.8 Å². The van der Waals surface area contributed by atoms with E-state index in [0.717, 1.165) is 11.2 Å². The van der Waals surface area contributed by atoms with Gasteiger partial charge in [0.1, 0.15) is 0 Å². The Morgan fingerprint density at radius 2 is 1.45 bits per heavy atom. The molecule has 2 bridgehead atoms. The molecule has 0 saturated heterocycles. The van der Waals surface area contributed by atoms with Crippen LogP contribution < -0.4 is 9.47 Å². The van der Waals surface area contributed by atoms with Gasteiger partial charge in [-0.25, -0.2) is 0 Å². The molecule has 0 amide bonds. The molecule has 2 rings (SSSR count). The summed E-state index contributed by atoms with van der Waals surface area (Å²) >= 11 is 0. The zero-order valence-corrected chi connectivity index (χ0v) is 6.38. The molecule has 0 radical (unpaired) electrons. The van der Waals surface area contributed by atoms with Crippen molar-refractivity contribution < 1.29 is 13.9 Å². The van der Waals surface area contributed by atoms with Crippen molar-refractivity contribution >= 4 is 11.2 Å². The molecule has 2 aromatic rings. The predicted molar refractivity (Wildman–Crippen MR) is 40.5 cm³/mol. The Balaban J connectivity index is 2.67. The zero-order valence-electron chi connectivity index (χ0n) is 6.38. The van der Waals surface area contributed by atoms with Gasteiger partial charge in [-0.2, -0.15) is 0 Å². The smallest absolute Gasteiger partial charge is 0.207 e. The van der Waals surface area contributed by atoms with Crippen molar-refractivity contribution in [2.45, 2.75) is 0 Å². The first-order valence-corrected chi connectivity index (χ1v) is 3.29. The average Bonchev–Trinajstić information content (AvgIpc) is 2.60. The number of fused-ring (bicyclic) bond motifs is 2. The van der Waals surface area contributed by atoms with Gasteiger partial charge in [-0.3, -0.25) is 0 Å². The third-order valence-electron chi connectivity index (χ3n) is 1.67. The van der Waals surface area contributed by atoms with Crippen LogP contribution in [-0.4, -0.2) is 14.2 Å². The molecule has 0 aliphatic rings. The maximum Gasteiger partial charge on any atom is 0.207 e. The van der Waals surface area contributed by atoms with E-state index in [2.05, 4.69) is 0 Å². The largest absolute Gasteiger partial charge is 0.490 e. The Morgan fingerprint density at radius 1 is 1.00 bits per heavy atom. The van der Waals surface area contributed by atoms with Gasteiger partial charge in [0, 0.05) is 0 Å². The highest BCUT2D eigenvalue weighted by Crippen LogP contribution is 2.41. The maximum absolute atomic E-state index is 5.28. The molecule has 0 saturated carbocycles. The van der Waals surface area contributed by atoms with Crippen LogP contribution in [0.2, 0.25) is 0 Å². The van der Waals surface area contributed by atoms with Crippen molar-refractivity contribution in [2.24, 2.45) is 0 Å². The van der Waals surface area contributed by atoms with E-state index in [1.807, 2.05) is 12.1 Å². The van der Waals surface area contributed by atoms with Crippen molar-refractivity contribution in [1.29, 1.82) is 0 Å². The van der Waals surface area contributed by atoms with Gasteiger partial charge < -0.3 is 13.9 Å². The highest BCUT2D eigenvalue weighted by Gasteiger charge is 2.17. The van der Waals surface area contributed by atoms with Crippen LogP contribution in [0.15, 0.2) is 16.5 Å². The number of hydrogen-bond acceptors (Lipinski definition) is 3. The standard InChI is InChI=1S/C8H8O3/c1-9-7-5-3-4-6(11-5)8(7)10-2/h3-4H,1-2H3. The molecule has 2 heterocycles. The van der Waals surface area contributed by atoms with Gasteiger partial charge >= 0.3 is 0 Å². The van der Waals surface area contributed by atoms with Crippen LogP contribution >= 0.6 is 0 Å². The minimum atomic E-state index is 0.685. The summed E-state index contributed by atoms with van der Waals surface area (Å²) < 4.78 is 15.4. The lowest BCUT2D eigenvalue weighted by Crippen LogP contribution is -1.87. The fourth-order valence-corrected chi connectivity index (χ4v) is 1.19. The normalized spacial score (nSPS) is 10.7. The number of furan rings is 2. The van der Waals surface area contributed by atoms with Gasteiger partial charge in [0.2, 0.25) is 11.5 Å². The molecule has 0 spiro atoms. The topological polar surface area (TPSA) is 31.6 Å². The first kappa shape index (κ1) is 6.34. The summed E-state index contributed by atoms with van der Waals surface area (Å²) in [5.41, 5.74) is 1.47. The summed E-state index contributed by atoms with van der Waals surface area (Å²) in [7, 11) is 3.19. The molecule has 0 aliphatic carbocycles. The minimum absolute atomic E-state index is 0.685. The second kappa shape index (κ2) is 2.05. The van der Waals surface area contributed by atoms with Gasteiger partial charge in [-0.1, -0.05) is 0 Å². The third kappa shape index (κ3) is 0.677. The second-order valence-corrected chi connectivity index (χ2v) is 2.23. The molecule has 3 heteroatoms. The molecule has 0 atom stereocenters. The van der Waals surface area contributed by atoms with E-state index in [0.29, 0.717) is 11.5 Å². The molecular weight excluding hydrogens is 144 g/mol. The van der Waals surface area contributed by atoms with Crippen LogP contribution in [0, 0.1) is 0 Å². The van der Waals surface area contributed by atoms with Crippen molar-refractivity contribution in [3.05, 3.63) is 12.1 Å². The van der Waals surface area contributed by atoms with Crippen molar-refractivity contribution in [3.63, 3.8) is 0 Å². The van der Waals surface area contributed by atoms with Gasteiger partial charge in [-0.15, -0.1) is 0 Å². The monoisotopic (exact) mass is 152 g/mol. The maximum atomic E-state index is 5.28. The highest BCUT2D eigenvalue weighted by molar-refractivity contribution is 5.79. The Hall–Kier alpha value is -1.38. The quantitative estimate of drug-likeness (QED) is 0.658. The van der Waals surface area contributed by atoms with E-state index in [1.54, 1.807) is 14.2 Å². The molecule has 58 valence electrons. The molecule has 2 aromatic heterocycles. The van der Waals surface area contributed by atoms with Gasteiger partial charge in [-0.05, 0) is 12.1 Å². The molecule has 3 nitrogen and oxygen atoms in total. The molecule has 0 aromatic carbocycles. The third-order valence-corrected chi connectivity index (χ3v) is 1.67. The Kier molecular flexibility index (Phi) is 1.18. The van der Waals surface area contributed by atoms with Gasteiger partial charge in [0.25, 0.3) is 0 Å². The van der Waals surface area contributed by atoms with E-state index >= 15 is 0 Å². The molecule has 0 unspecified atom stereocenters. The number of hydrogen-bond donors (Lipinski definition) is 0. The van der Waals surface area contributed by atoms with E-state index in [1.165, 1.54) is 0 Å². The summed E-state index contributed by atoms with van der Waals surface area (Å²) in [6.07, 6.45) is 0. The fourth-order valence-electron chi connectivity index (χ4n) is 1.19. The summed E-state index contributed by atoms with van der Waals surface area (Å²) in [4.78, 5) is 0. The zero-order chi connectivity index (χ0) is 7.84. The van der Waals surface area contributed by atoms with E-state index < -0.39 is 0 Å². The molecule has 0 aliphatic heterocycles. The first-order valence-electron chi connectivity index (χ1n) is 3.29. The number of ether oxygens (including phenoxy) is 2. The van der Waals surface area contributed by atoms with Crippen LogP contribution in [0.3, 0.4) is 0 Å². The SMILES string of the molecule is COc1c(OC)c2ccc1o2. The van der Waals surface area contributed by atoms with Crippen molar-refractivity contribution in [3.8, 4) is 11.5 Å². The lowest BCUT2D eigenvalue weighted by atomic mass is 10.3. The van der Waals surface area contributed by atoms with Crippen molar-refractivity contribution in [2.75, 3.05) is 14.2 Å².